The van der Waals surface area contributed by atoms with Gasteiger partial charge in [-0.2, -0.15) is 5.10 Å². The highest BCUT2D eigenvalue weighted by Crippen LogP contribution is 2.27. The lowest BCUT2D eigenvalue weighted by Gasteiger charge is -2.13. The first-order valence-electron chi connectivity index (χ1n) is 7.40. The van der Waals surface area contributed by atoms with Gasteiger partial charge in [0.2, 0.25) is 0 Å². The monoisotopic (exact) mass is 279 g/mol. The summed E-state index contributed by atoms with van der Waals surface area (Å²) in [5.41, 5.74) is 0.198. The largest absolute Gasteiger partial charge is 0.486 e. The zero-order valence-corrected chi connectivity index (χ0v) is 11.5. The van der Waals surface area contributed by atoms with Crippen LogP contribution in [-0.4, -0.2) is 40.0 Å². The smallest absolute Gasteiger partial charge is 0.358 e. The van der Waals surface area contributed by atoms with Crippen molar-refractivity contribution in [2.75, 3.05) is 13.1 Å². The molecule has 3 rings (SSSR count). The maximum atomic E-state index is 11.5. The quantitative estimate of drug-likeness (QED) is 0.854. The van der Waals surface area contributed by atoms with E-state index in [1.807, 2.05) is 0 Å². The van der Waals surface area contributed by atoms with E-state index in [9.17, 15) is 9.90 Å². The van der Waals surface area contributed by atoms with Gasteiger partial charge in [0.25, 0.3) is 0 Å². The fraction of sp³-hybridized carbons (Fsp3) is 0.714. The van der Waals surface area contributed by atoms with Crippen molar-refractivity contribution in [1.29, 1.82) is 0 Å². The van der Waals surface area contributed by atoms with Gasteiger partial charge in [0.05, 0.1) is 12.3 Å². The van der Waals surface area contributed by atoms with Crippen LogP contribution in [-0.2, 0) is 6.54 Å². The van der Waals surface area contributed by atoms with Gasteiger partial charge in [0, 0.05) is 6.54 Å². The Morgan fingerprint density at radius 3 is 2.90 bits per heavy atom. The third-order valence-corrected chi connectivity index (χ3v) is 4.20. The molecular weight excluding hydrogens is 258 g/mol. The lowest BCUT2D eigenvalue weighted by molar-refractivity contribution is 0.0674. The highest BCUT2D eigenvalue weighted by molar-refractivity contribution is 5.88. The molecule has 1 aromatic rings. The number of aromatic carboxylic acids is 1. The van der Waals surface area contributed by atoms with Gasteiger partial charge in [-0.05, 0) is 51.1 Å². The highest BCUT2D eigenvalue weighted by atomic mass is 16.5. The Kier molecular flexibility index (Phi) is 3.91. The van der Waals surface area contributed by atoms with Crippen molar-refractivity contribution in [2.24, 2.45) is 5.92 Å². The standard InChI is InChI=1S/C14H21N3O3/c18-14(19)13-12(20-11-3-1-2-4-11)8-16-17(13)9-10-5-6-15-7-10/h8,10-11,15H,1-7,9H2,(H,18,19). The summed E-state index contributed by atoms with van der Waals surface area (Å²) in [6.07, 6.45) is 7.12. The molecule has 1 saturated carbocycles. The second-order valence-corrected chi connectivity index (χ2v) is 5.73. The molecular formula is C14H21N3O3. The number of aromatic nitrogens is 2. The highest BCUT2D eigenvalue weighted by Gasteiger charge is 2.25. The van der Waals surface area contributed by atoms with Crippen molar-refractivity contribution in [3.8, 4) is 5.75 Å². The summed E-state index contributed by atoms with van der Waals surface area (Å²) in [6, 6.07) is 0. The Bertz CT molecular complexity index is 439. The number of ether oxygens (including phenoxy) is 1. The second-order valence-electron chi connectivity index (χ2n) is 5.73. The number of hydrogen-bond donors (Lipinski definition) is 2. The Morgan fingerprint density at radius 2 is 2.25 bits per heavy atom. The fourth-order valence-electron chi connectivity index (χ4n) is 3.11. The van der Waals surface area contributed by atoms with Gasteiger partial charge in [0.15, 0.2) is 11.4 Å². The zero-order valence-electron chi connectivity index (χ0n) is 11.5. The van der Waals surface area contributed by atoms with Crippen molar-refractivity contribution >= 4 is 5.97 Å². The fourth-order valence-corrected chi connectivity index (χ4v) is 3.11. The van der Waals surface area contributed by atoms with Crippen LogP contribution in [0.25, 0.3) is 0 Å². The minimum absolute atomic E-state index is 0.152. The van der Waals surface area contributed by atoms with Gasteiger partial charge >= 0.3 is 5.97 Å². The van der Waals surface area contributed by atoms with Crippen molar-refractivity contribution < 1.29 is 14.6 Å². The Hall–Kier alpha value is -1.56. The molecule has 0 bridgehead atoms. The topological polar surface area (TPSA) is 76.4 Å². The third kappa shape index (κ3) is 2.80. The summed E-state index contributed by atoms with van der Waals surface area (Å²) in [7, 11) is 0. The molecule has 2 N–H and O–H groups in total. The number of carbonyl (C=O) groups is 1. The van der Waals surface area contributed by atoms with Gasteiger partial charge < -0.3 is 15.2 Å². The number of hydrogen-bond acceptors (Lipinski definition) is 4. The average molecular weight is 279 g/mol. The molecule has 0 radical (unpaired) electrons. The normalized spacial score (nSPS) is 23.3. The van der Waals surface area contributed by atoms with E-state index in [2.05, 4.69) is 10.4 Å². The Morgan fingerprint density at radius 1 is 1.45 bits per heavy atom. The number of nitrogens with zero attached hydrogens (tertiary/aromatic N) is 2. The zero-order chi connectivity index (χ0) is 13.9. The molecule has 110 valence electrons. The molecule has 2 aliphatic rings. The second kappa shape index (κ2) is 5.83. The van der Waals surface area contributed by atoms with E-state index in [0.29, 0.717) is 18.2 Å². The average Bonchev–Trinajstić information content (AvgIpc) is 3.12. The number of carboxylic acids is 1. The van der Waals surface area contributed by atoms with Crippen LogP contribution in [0.1, 0.15) is 42.6 Å². The van der Waals surface area contributed by atoms with Crippen molar-refractivity contribution in [3.05, 3.63) is 11.9 Å². The molecule has 1 unspecified atom stereocenters. The predicted octanol–water partition coefficient (Wildman–Crippen LogP) is 1.51. The van der Waals surface area contributed by atoms with Crippen molar-refractivity contribution in [1.82, 2.24) is 15.1 Å². The first kappa shape index (κ1) is 13.4. The van der Waals surface area contributed by atoms with E-state index < -0.39 is 5.97 Å². The van der Waals surface area contributed by atoms with Crippen LogP contribution in [0.15, 0.2) is 6.20 Å². The van der Waals surface area contributed by atoms with Gasteiger partial charge in [-0.25, -0.2) is 4.79 Å². The van der Waals surface area contributed by atoms with E-state index in [4.69, 9.17) is 4.74 Å². The van der Waals surface area contributed by atoms with Gasteiger partial charge in [-0.15, -0.1) is 0 Å². The molecule has 6 nitrogen and oxygen atoms in total. The Labute approximate surface area is 118 Å². The molecule has 0 spiro atoms. The molecule has 6 heteroatoms. The maximum Gasteiger partial charge on any atom is 0.358 e. The number of carboxylic acid groups (broad SMARTS) is 1. The molecule has 20 heavy (non-hydrogen) atoms. The number of nitrogens with one attached hydrogen (secondary N) is 1. The maximum absolute atomic E-state index is 11.5. The summed E-state index contributed by atoms with van der Waals surface area (Å²) < 4.78 is 7.42. The van der Waals surface area contributed by atoms with Gasteiger partial charge in [0.1, 0.15) is 0 Å². The summed E-state index contributed by atoms with van der Waals surface area (Å²) in [6.45, 7) is 2.57. The van der Waals surface area contributed by atoms with Crippen molar-refractivity contribution in [2.45, 2.75) is 44.8 Å². The van der Waals surface area contributed by atoms with Gasteiger partial charge in [-0.1, -0.05) is 0 Å². The molecule has 1 saturated heterocycles. The summed E-state index contributed by atoms with van der Waals surface area (Å²) in [5, 5.41) is 16.9. The van der Waals surface area contributed by atoms with Crippen LogP contribution < -0.4 is 10.1 Å². The minimum atomic E-state index is -0.957. The van der Waals surface area contributed by atoms with Crippen molar-refractivity contribution in [3.63, 3.8) is 0 Å². The van der Waals surface area contributed by atoms with E-state index >= 15 is 0 Å². The van der Waals surface area contributed by atoms with E-state index in [1.54, 1.807) is 10.9 Å². The van der Waals surface area contributed by atoms with E-state index in [-0.39, 0.29) is 11.8 Å². The molecule has 1 atom stereocenters. The molecule has 1 aliphatic carbocycles. The first-order chi connectivity index (χ1) is 9.74. The van der Waals surface area contributed by atoms with Crippen LogP contribution in [0, 0.1) is 5.92 Å². The van der Waals surface area contributed by atoms with Crippen LogP contribution in [0.4, 0.5) is 0 Å². The molecule has 2 heterocycles. The van der Waals surface area contributed by atoms with E-state index in [0.717, 1.165) is 45.2 Å². The molecule has 1 aliphatic heterocycles. The summed E-state index contributed by atoms with van der Waals surface area (Å²) >= 11 is 0. The van der Waals surface area contributed by atoms with E-state index in [1.165, 1.54) is 0 Å². The molecule has 2 fully saturated rings. The van der Waals surface area contributed by atoms with Crippen LogP contribution in [0.2, 0.25) is 0 Å². The predicted molar refractivity (Wildman–Crippen MR) is 73.0 cm³/mol. The first-order valence-corrected chi connectivity index (χ1v) is 7.40. The lowest BCUT2D eigenvalue weighted by Crippen LogP contribution is -2.20. The SMILES string of the molecule is O=C(O)c1c(OC2CCCC2)cnn1CC1CCNC1. The Balaban J connectivity index is 1.75. The van der Waals surface area contributed by atoms with Crippen LogP contribution in [0.3, 0.4) is 0 Å². The molecule has 0 amide bonds. The van der Waals surface area contributed by atoms with Gasteiger partial charge in [-0.3, -0.25) is 4.68 Å². The summed E-state index contributed by atoms with van der Waals surface area (Å²) in [4.78, 5) is 11.5. The number of rotatable bonds is 5. The molecule has 0 aromatic carbocycles. The van der Waals surface area contributed by atoms with Crippen LogP contribution >= 0.6 is 0 Å². The van der Waals surface area contributed by atoms with Crippen LogP contribution in [0.5, 0.6) is 5.75 Å². The third-order valence-electron chi connectivity index (χ3n) is 4.20. The summed E-state index contributed by atoms with van der Waals surface area (Å²) in [5.74, 6) is -0.0795. The minimum Gasteiger partial charge on any atom is -0.486 e. The molecule has 1 aromatic heterocycles. The lowest BCUT2D eigenvalue weighted by atomic mass is 10.1.